The second-order valence-corrected chi connectivity index (χ2v) is 8.52. The summed E-state index contributed by atoms with van der Waals surface area (Å²) in [5.74, 6) is 2.62. The fraction of sp³-hybridized carbons (Fsp3) is 0.609. The van der Waals surface area contributed by atoms with E-state index in [9.17, 15) is 0 Å². The van der Waals surface area contributed by atoms with Crippen molar-refractivity contribution in [2.75, 3.05) is 27.2 Å². The standard InChI is InChI=1S/C23H35N7O.HI/c1-24-23(26-20-10-11-22-27-21(17-31-2)28-30(22)16-20)25-14-18-6-8-19(9-7-18)15-29-12-4-3-5-13-29;/h6-9,20H,3-5,10-17H2,1-2H3,(H2,24,25,26);1H. The van der Waals surface area contributed by atoms with Crippen LogP contribution in [0.3, 0.4) is 0 Å². The molecule has 0 saturated carbocycles. The summed E-state index contributed by atoms with van der Waals surface area (Å²) in [5.41, 5.74) is 2.66. The number of ether oxygens (including phenoxy) is 1. The third-order valence-electron chi connectivity index (χ3n) is 6.08. The lowest BCUT2D eigenvalue weighted by molar-refractivity contribution is 0.177. The lowest BCUT2D eigenvalue weighted by atomic mass is 10.1. The quantitative estimate of drug-likeness (QED) is 0.312. The van der Waals surface area contributed by atoms with Gasteiger partial charge >= 0.3 is 0 Å². The number of likely N-dealkylation sites (tertiary alicyclic amines) is 1. The minimum absolute atomic E-state index is 0. The van der Waals surface area contributed by atoms with Crippen molar-refractivity contribution in [1.29, 1.82) is 0 Å². The van der Waals surface area contributed by atoms with Gasteiger partial charge in [-0.25, -0.2) is 9.67 Å². The molecule has 1 unspecified atom stereocenters. The van der Waals surface area contributed by atoms with Gasteiger partial charge in [0.2, 0.25) is 0 Å². The van der Waals surface area contributed by atoms with Crippen molar-refractivity contribution in [3.8, 4) is 0 Å². The Morgan fingerprint density at radius 3 is 2.62 bits per heavy atom. The van der Waals surface area contributed by atoms with E-state index >= 15 is 0 Å². The zero-order valence-electron chi connectivity index (χ0n) is 19.2. The number of halogens is 1. The Labute approximate surface area is 208 Å². The van der Waals surface area contributed by atoms with Crippen molar-refractivity contribution < 1.29 is 4.74 Å². The van der Waals surface area contributed by atoms with Crippen LogP contribution in [-0.2, 0) is 37.4 Å². The molecular weight excluding hydrogens is 517 g/mol. The van der Waals surface area contributed by atoms with Crippen molar-refractivity contribution in [2.45, 2.75) is 64.4 Å². The first kappa shape index (κ1) is 24.9. The number of piperidine rings is 1. The van der Waals surface area contributed by atoms with Crippen LogP contribution in [0.15, 0.2) is 29.3 Å². The highest BCUT2D eigenvalue weighted by atomic mass is 127. The maximum absolute atomic E-state index is 5.15. The van der Waals surface area contributed by atoms with E-state index in [0.717, 1.165) is 50.1 Å². The Bertz CT molecular complexity index is 862. The van der Waals surface area contributed by atoms with Crippen LogP contribution < -0.4 is 10.6 Å². The monoisotopic (exact) mass is 553 g/mol. The first-order valence-electron chi connectivity index (χ1n) is 11.4. The van der Waals surface area contributed by atoms with Gasteiger partial charge in [-0.3, -0.25) is 9.89 Å². The molecule has 1 saturated heterocycles. The summed E-state index contributed by atoms with van der Waals surface area (Å²) in [6.07, 6.45) is 5.97. The average Bonchev–Trinajstić information content (AvgIpc) is 3.20. The van der Waals surface area contributed by atoms with Gasteiger partial charge in [-0.1, -0.05) is 30.7 Å². The number of methoxy groups -OCH3 is 1. The number of fused-ring (bicyclic) bond motifs is 1. The molecule has 0 radical (unpaired) electrons. The zero-order chi connectivity index (χ0) is 21.5. The van der Waals surface area contributed by atoms with Crippen molar-refractivity contribution in [1.82, 2.24) is 30.3 Å². The van der Waals surface area contributed by atoms with Crippen molar-refractivity contribution in [3.05, 3.63) is 47.0 Å². The number of aliphatic imine (C=N–C) groups is 1. The largest absolute Gasteiger partial charge is 0.377 e. The van der Waals surface area contributed by atoms with E-state index in [0.29, 0.717) is 6.61 Å². The molecule has 0 spiro atoms. The molecule has 2 aliphatic rings. The second kappa shape index (κ2) is 12.5. The Morgan fingerprint density at radius 1 is 1.16 bits per heavy atom. The van der Waals surface area contributed by atoms with Crippen LogP contribution in [0.5, 0.6) is 0 Å². The van der Waals surface area contributed by atoms with Crippen LogP contribution in [-0.4, -0.2) is 58.9 Å². The van der Waals surface area contributed by atoms with Crippen molar-refractivity contribution >= 4 is 29.9 Å². The first-order chi connectivity index (χ1) is 15.2. The number of benzene rings is 1. The predicted octanol–water partition coefficient (Wildman–Crippen LogP) is 2.71. The predicted molar refractivity (Wildman–Crippen MR) is 137 cm³/mol. The minimum Gasteiger partial charge on any atom is -0.377 e. The number of rotatable bonds is 7. The summed E-state index contributed by atoms with van der Waals surface area (Å²) < 4.78 is 7.14. The molecule has 1 aromatic carbocycles. The lowest BCUT2D eigenvalue weighted by Gasteiger charge is -2.26. The van der Waals surface area contributed by atoms with Gasteiger partial charge < -0.3 is 15.4 Å². The summed E-state index contributed by atoms with van der Waals surface area (Å²) in [4.78, 5) is 11.5. The molecule has 1 fully saturated rings. The van der Waals surface area contributed by atoms with E-state index in [1.807, 2.05) is 11.7 Å². The molecule has 9 heteroatoms. The minimum atomic E-state index is 0. The molecule has 176 valence electrons. The Balaban J connectivity index is 0.00000289. The number of guanidine groups is 1. The molecular formula is C23H36IN7O. The van der Waals surface area contributed by atoms with E-state index < -0.39 is 0 Å². The first-order valence-corrected chi connectivity index (χ1v) is 11.4. The van der Waals surface area contributed by atoms with Crippen LogP contribution in [0, 0.1) is 0 Å². The van der Waals surface area contributed by atoms with Crippen LogP contribution in [0.1, 0.15) is 48.5 Å². The highest BCUT2D eigenvalue weighted by molar-refractivity contribution is 14.0. The Hall–Kier alpha value is -1.72. The summed E-state index contributed by atoms with van der Waals surface area (Å²) in [6.45, 7) is 5.53. The number of nitrogens with one attached hydrogen (secondary N) is 2. The maximum Gasteiger partial charge on any atom is 0.191 e. The smallest absolute Gasteiger partial charge is 0.191 e. The highest BCUT2D eigenvalue weighted by Crippen LogP contribution is 2.15. The van der Waals surface area contributed by atoms with E-state index in [1.54, 1.807) is 7.11 Å². The molecule has 32 heavy (non-hydrogen) atoms. The van der Waals surface area contributed by atoms with Crippen LogP contribution in [0.25, 0.3) is 0 Å². The normalized spacial score (nSPS) is 19.2. The highest BCUT2D eigenvalue weighted by Gasteiger charge is 2.22. The maximum atomic E-state index is 5.15. The number of nitrogens with zero attached hydrogens (tertiary/aromatic N) is 5. The summed E-state index contributed by atoms with van der Waals surface area (Å²) in [5, 5.41) is 11.5. The molecule has 1 aromatic heterocycles. The van der Waals surface area contributed by atoms with E-state index in [-0.39, 0.29) is 30.0 Å². The second-order valence-electron chi connectivity index (χ2n) is 8.52. The Kier molecular flexibility index (Phi) is 9.73. The molecule has 0 aliphatic carbocycles. The topological polar surface area (TPSA) is 79.6 Å². The fourth-order valence-corrected chi connectivity index (χ4v) is 4.38. The molecule has 4 rings (SSSR count). The molecule has 2 aromatic rings. The van der Waals surface area contributed by atoms with Crippen molar-refractivity contribution in [2.24, 2.45) is 4.99 Å². The molecule has 8 nitrogen and oxygen atoms in total. The van der Waals surface area contributed by atoms with E-state index in [2.05, 4.69) is 54.9 Å². The van der Waals surface area contributed by atoms with Crippen molar-refractivity contribution in [3.63, 3.8) is 0 Å². The average molecular weight is 553 g/mol. The lowest BCUT2D eigenvalue weighted by Crippen LogP contribution is -2.46. The molecule has 2 aliphatic heterocycles. The fourth-order valence-electron chi connectivity index (χ4n) is 4.38. The summed E-state index contributed by atoms with van der Waals surface area (Å²) >= 11 is 0. The van der Waals surface area contributed by atoms with Crippen LogP contribution in [0.4, 0.5) is 0 Å². The van der Waals surface area contributed by atoms with Crippen LogP contribution >= 0.6 is 24.0 Å². The Morgan fingerprint density at radius 2 is 1.91 bits per heavy atom. The van der Waals surface area contributed by atoms with Gasteiger partial charge in [-0.15, -0.1) is 24.0 Å². The van der Waals surface area contributed by atoms with Gasteiger partial charge in [0.25, 0.3) is 0 Å². The zero-order valence-corrected chi connectivity index (χ0v) is 21.5. The van der Waals surface area contributed by atoms with Gasteiger partial charge in [-0.05, 0) is 43.5 Å². The molecule has 1 atom stereocenters. The van der Waals surface area contributed by atoms with Gasteiger partial charge in [0.05, 0.1) is 6.54 Å². The molecule has 0 bridgehead atoms. The summed E-state index contributed by atoms with van der Waals surface area (Å²) in [7, 11) is 3.49. The number of aryl methyl sites for hydroxylation is 1. The van der Waals surface area contributed by atoms with Gasteiger partial charge in [0, 0.05) is 39.7 Å². The van der Waals surface area contributed by atoms with E-state index in [1.165, 1.54) is 43.5 Å². The van der Waals surface area contributed by atoms with Gasteiger partial charge in [-0.2, -0.15) is 5.10 Å². The van der Waals surface area contributed by atoms with Crippen LogP contribution in [0.2, 0.25) is 0 Å². The molecule has 3 heterocycles. The van der Waals surface area contributed by atoms with E-state index in [4.69, 9.17) is 4.74 Å². The number of hydrogen-bond donors (Lipinski definition) is 2. The van der Waals surface area contributed by atoms with Gasteiger partial charge in [0.1, 0.15) is 12.4 Å². The third-order valence-corrected chi connectivity index (χ3v) is 6.08. The SMILES string of the molecule is CN=C(NCc1ccc(CN2CCCCC2)cc1)NC1CCc2nc(COC)nn2C1.I. The molecule has 2 N–H and O–H groups in total. The summed E-state index contributed by atoms with van der Waals surface area (Å²) in [6, 6.07) is 9.24. The number of aromatic nitrogens is 3. The number of hydrogen-bond acceptors (Lipinski definition) is 5. The van der Waals surface area contributed by atoms with Gasteiger partial charge in [0.15, 0.2) is 11.8 Å². The third kappa shape index (κ3) is 6.89. The molecule has 0 amide bonds.